The fourth-order valence-electron chi connectivity index (χ4n) is 2.43. The first-order valence-corrected chi connectivity index (χ1v) is 8.21. The molecule has 2 aliphatic heterocycles. The number of nitrogens with one attached hydrogen (secondary N) is 1. The fourth-order valence-corrected chi connectivity index (χ4v) is 3.19. The van der Waals surface area contributed by atoms with Gasteiger partial charge in [0, 0.05) is 18.8 Å². The molecule has 0 aliphatic carbocycles. The van der Waals surface area contributed by atoms with Crippen LogP contribution in [-0.2, 0) is 4.79 Å². The van der Waals surface area contributed by atoms with Crippen LogP contribution in [0.5, 0.6) is 0 Å². The van der Waals surface area contributed by atoms with E-state index in [1.807, 2.05) is 6.08 Å². The van der Waals surface area contributed by atoms with E-state index in [1.165, 1.54) is 18.0 Å². The third-order valence-electron chi connectivity index (χ3n) is 3.84. The maximum Gasteiger partial charge on any atom is 0.274 e. The molecule has 0 atom stereocenters. The molecule has 0 radical (unpaired) electrons. The van der Waals surface area contributed by atoms with Crippen LogP contribution in [0.1, 0.15) is 33.1 Å². The Morgan fingerprint density at radius 3 is 2.90 bits per heavy atom. The highest BCUT2D eigenvalue weighted by molar-refractivity contribution is 7.11. The lowest BCUT2D eigenvalue weighted by Crippen LogP contribution is -2.37. The largest absolute Gasteiger partial charge is 0.360 e. The summed E-state index contributed by atoms with van der Waals surface area (Å²) in [5.74, 6) is 0.260. The van der Waals surface area contributed by atoms with Gasteiger partial charge in [0.2, 0.25) is 0 Å². The molecule has 0 spiro atoms. The number of aliphatic imine (C=N–C) groups is 1. The molecule has 1 aromatic heterocycles. The van der Waals surface area contributed by atoms with Crippen molar-refractivity contribution in [3.8, 4) is 0 Å². The second-order valence-corrected chi connectivity index (χ2v) is 6.51. The van der Waals surface area contributed by atoms with E-state index in [4.69, 9.17) is 0 Å². The Morgan fingerprint density at radius 2 is 2.24 bits per heavy atom. The summed E-state index contributed by atoms with van der Waals surface area (Å²) in [5, 5.41) is 4.02. The zero-order valence-corrected chi connectivity index (χ0v) is 13.2. The van der Waals surface area contributed by atoms with Gasteiger partial charge in [-0.05, 0) is 36.7 Å². The number of carbonyl (C=O) groups excluding carboxylic acids is 1. The molecule has 0 unspecified atom stereocenters. The standard InChI is InChI=1S/C15H20N4OS/c1-10(2)11-5-3-6-12(17-11)14(20)18-13-9-16-21-15(13)19-7-4-8-19/h6,9-10H,3-5,7-8H2,1-2H3,(H,18,20). The van der Waals surface area contributed by atoms with Crippen molar-refractivity contribution in [1.82, 2.24) is 4.37 Å². The van der Waals surface area contributed by atoms with Gasteiger partial charge in [-0.15, -0.1) is 0 Å². The van der Waals surface area contributed by atoms with Gasteiger partial charge in [-0.2, -0.15) is 4.37 Å². The second-order valence-electron chi connectivity index (χ2n) is 5.73. The zero-order chi connectivity index (χ0) is 14.8. The molecule has 6 heteroatoms. The summed E-state index contributed by atoms with van der Waals surface area (Å²) in [6.07, 6.45) is 6.70. The van der Waals surface area contributed by atoms with Crippen LogP contribution in [0.2, 0.25) is 0 Å². The van der Waals surface area contributed by atoms with Gasteiger partial charge in [0.15, 0.2) is 0 Å². The van der Waals surface area contributed by atoms with Crippen molar-refractivity contribution in [3.63, 3.8) is 0 Å². The number of amides is 1. The fraction of sp³-hybridized carbons (Fsp3) is 0.533. The van der Waals surface area contributed by atoms with E-state index in [0.29, 0.717) is 11.6 Å². The van der Waals surface area contributed by atoms with E-state index < -0.39 is 0 Å². The summed E-state index contributed by atoms with van der Waals surface area (Å²) in [6.45, 7) is 6.32. The Labute approximate surface area is 128 Å². The molecule has 1 saturated heterocycles. The van der Waals surface area contributed by atoms with Gasteiger partial charge in [0.1, 0.15) is 10.7 Å². The molecule has 5 nitrogen and oxygen atoms in total. The molecule has 0 saturated carbocycles. The first kappa shape index (κ1) is 14.3. The van der Waals surface area contributed by atoms with Gasteiger partial charge in [0.25, 0.3) is 5.91 Å². The molecule has 2 aliphatic rings. The molecule has 0 bridgehead atoms. The first-order valence-electron chi connectivity index (χ1n) is 7.43. The summed E-state index contributed by atoms with van der Waals surface area (Å²) in [6, 6.07) is 0. The SMILES string of the molecule is CC(C)C1=NC(C(=O)Nc2cnsc2N2CCC2)=CCC1. The number of rotatable bonds is 4. The van der Waals surface area contributed by atoms with Gasteiger partial charge in [-0.25, -0.2) is 0 Å². The molecule has 21 heavy (non-hydrogen) atoms. The Kier molecular flexibility index (Phi) is 4.05. The average molecular weight is 304 g/mol. The molecular weight excluding hydrogens is 284 g/mol. The minimum absolute atomic E-state index is 0.130. The first-order chi connectivity index (χ1) is 10.1. The van der Waals surface area contributed by atoms with Crippen molar-refractivity contribution in [1.29, 1.82) is 0 Å². The van der Waals surface area contributed by atoms with Crippen molar-refractivity contribution in [2.45, 2.75) is 33.1 Å². The van der Waals surface area contributed by atoms with Crippen molar-refractivity contribution in [2.75, 3.05) is 23.3 Å². The quantitative estimate of drug-likeness (QED) is 0.930. The minimum atomic E-state index is -0.130. The van der Waals surface area contributed by atoms with Gasteiger partial charge in [-0.3, -0.25) is 9.79 Å². The number of hydrogen-bond acceptors (Lipinski definition) is 5. The lowest BCUT2D eigenvalue weighted by molar-refractivity contribution is -0.112. The highest BCUT2D eigenvalue weighted by Gasteiger charge is 2.22. The van der Waals surface area contributed by atoms with Crippen LogP contribution in [0.4, 0.5) is 10.7 Å². The summed E-state index contributed by atoms with van der Waals surface area (Å²) in [4.78, 5) is 19.1. The Bertz CT molecular complexity index is 599. The Balaban J connectivity index is 1.72. The number of carbonyl (C=O) groups is 1. The molecule has 0 aromatic carbocycles. The third kappa shape index (κ3) is 3.00. The van der Waals surface area contributed by atoms with Crippen LogP contribution in [-0.4, -0.2) is 29.1 Å². The molecule has 3 rings (SSSR count). The number of nitrogens with zero attached hydrogens (tertiary/aromatic N) is 3. The topological polar surface area (TPSA) is 57.6 Å². The monoisotopic (exact) mass is 304 g/mol. The number of hydrogen-bond donors (Lipinski definition) is 1. The zero-order valence-electron chi connectivity index (χ0n) is 12.4. The van der Waals surface area contributed by atoms with Crippen LogP contribution in [0.3, 0.4) is 0 Å². The highest BCUT2D eigenvalue weighted by atomic mass is 32.1. The average Bonchev–Trinajstić information content (AvgIpc) is 2.85. The van der Waals surface area contributed by atoms with Crippen LogP contribution in [0, 0.1) is 5.92 Å². The van der Waals surface area contributed by atoms with Crippen LogP contribution >= 0.6 is 11.5 Å². The number of anilines is 2. The maximum absolute atomic E-state index is 12.4. The predicted octanol–water partition coefficient (Wildman–Crippen LogP) is 3.07. The molecule has 1 N–H and O–H groups in total. The molecule has 112 valence electrons. The normalized spacial score (nSPS) is 18.1. The summed E-state index contributed by atoms with van der Waals surface area (Å²) < 4.78 is 4.20. The molecule has 3 heterocycles. The van der Waals surface area contributed by atoms with E-state index in [9.17, 15) is 4.79 Å². The molecule has 1 amide bonds. The summed E-state index contributed by atoms with van der Waals surface area (Å²) >= 11 is 1.43. The van der Waals surface area contributed by atoms with Gasteiger partial charge in [-0.1, -0.05) is 19.9 Å². The summed E-state index contributed by atoms with van der Waals surface area (Å²) in [5.41, 5.74) is 2.44. The lowest BCUT2D eigenvalue weighted by atomic mass is 10.0. The van der Waals surface area contributed by atoms with Crippen molar-refractivity contribution in [2.24, 2.45) is 10.9 Å². The van der Waals surface area contributed by atoms with E-state index in [0.717, 1.165) is 42.3 Å². The predicted molar refractivity (Wildman–Crippen MR) is 87.2 cm³/mol. The number of aromatic nitrogens is 1. The van der Waals surface area contributed by atoms with E-state index in [2.05, 4.69) is 33.4 Å². The van der Waals surface area contributed by atoms with Gasteiger partial charge < -0.3 is 10.2 Å². The molecule has 1 fully saturated rings. The minimum Gasteiger partial charge on any atom is -0.360 e. The third-order valence-corrected chi connectivity index (χ3v) is 4.71. The maximum atomic E-state index is 12.4. The summed E-state index contributed by atoms with van der Waals surface area (Å²) in [7, 11) is 0. The second kappa shape index (κ2) is 5.97. The van der Waals surface area contributed by atoms with Crippen LogP contribution < -0.4 is 10.2 Å². The molecule has 1 aromatic rings. The van der Waals surface area contributed by atoms with Gasteiger partial charge >= 0.3 is 0 Å². The highest BCUT2D eigenvalue weighted by Crippen LogP contribution is 2.33. The van der Waals surface area contributed by atoms with E-state index >= 15 is 0 Å². The van der Waals surface area contributed by atoms with Crippen LogP contribution in [0.15, 0.2) is 23.0 Å². The van der Waals surface area contributed by atoms with Gasteiger partial charge in [0.05, 0.1) is 11.9 Å². The Hall–Kier alpha value is -1.69. The van der Waals surface area contributed by atoms with E-state index in [-0.39, 0.29) is 5.91 Å². The molecular formula is C15H20N4OS. The van der Waals surface area contributed by atoms with Crippen molar-refractivity contribution >= 4 is 33.8 Å². The Morgan fingerprint density at radius 1 is 1.43 bits per heavy atom. The number of allylic oxidation sites excluding steroid dienone is 1. The van der Waals surface area contributed by atoms with Crippen LogP contribution in [0.25, 0.3) is 0 Å². The van der Waals surface area contributed by atoms with Crippen molar-refractivity contribution in [3.05, 3.63) is 18.0 Å². The smallest absolute Gasteiger partial charge is 0.274 e. The lowest BCUT2D eigenvalue weighted by Gasteiger charge is -2.32. The van der Waals surface area contributed by atoms with Crippen molar-refractivity contribution < 1.29 is 4.79 Å². The van der Waals surface area contributed by atoms with E-state index in [1.54, 1.807) is 6.20 Å².